The summed E-state index contributed by atoms with van der Waals surface area (Å²) in [5.74, 6) is 0. The second-order valence-corrected chi connectivity index (χ2v) is 6.09. The molecule has 2 rings (SSSR count). The second-order valence-electron chi connectivity index (χ2n) is 4.75. The maximum absolute atomic E-state index is 4.05. The smallest absolute Gasteiger partial charge is 0.209 e. The van der Waals surface area contributed by atoms with Gasteiger partial charge in [-0.15, -0.1) is 5.10 Å². The van der Waals surface area contributed by atoms with Crippen molar-refractivity contribution in [3.05, 3.63) is 35.9 Å². The van der Waals surface area contributed by atoms with Crippen molar-refractivity contribution in [2.45, 2.75) is 36.7 Å². The van der Waals surface area contributed by atoms with Crippen LogP contribution in [0.3, 0.4) is 0 Å². The van der Waals surface area contributed by atoms with Crippen molar-refractivity contribution in [2.24, 2.45) is 7.05 Å². The summed E-state index contributed by atoms with van der Waals surface area (Å²) in [5, 5.41) is 16.4. The van der Waals surface area contributed by atoms with Crippen LogP contribution in [0.4, 0.5) is 0 Å². The van der Waals surface area contributed by atoms with Gasteiger partial charge in [0.15, 0.2) is 0 Å². The van der Waals surface area contributed by atoms with Crippen LogP contribution in [-0.4, -0.2) is 32.0 Å². The Morgan fingerprint density at radius 3 is 2.65 bits per heavy atom. The van der Waals surface area contributed by atoms with Crippen LogP contribution in [0.25, 0.3) is 0 Å². The summed E-state index contributed by atoms with van der Waals surface area (Å²) >= 11 is 1.69. The van der Waals surface area contributed by atoms with Crippen molar-refractivity contribution < 1.29 is 0 Å². The van der Waals surface area contributed by atoms with Gasteiger partial charge < -0.3 is 5.32 Å². The van der Waals surface area contributed by atoms with E-state index in [1.54, 1.807) is 16.4 Å². The molecule has 0 aliphatic heterocycles. The van der Waals surface area contributed by atoms with E-state index in [2.05, 4.69) is 59.0 Å². The molecule has 108 valence electrons. The van der Waals surface area contributed by atoms with Crippen molar-refractivity contribution in [3.8, 4) is 0 Å². The molecule has 0 amide bonds. The van der Waals surface area contributed by atoms with Gasteiger partial charge in [-0.1, -0.05) is 55.9 Å². The molecule has 0 fully saturated rings. The fourth-order valence-corrected chi connectivity index (χ4v) is 3.07. The van der Waals surface area contributed by atoms with Gasteiger partial charge >= 0.3 is 0 Å². The van der Waals surface area contributed by atoms with Gasteiger partial charge in [-0.05, 0) is 29.0 Å². The number of hydrogen-bond acceptors (Lipinski definition) is 5. The monoisotopic (exact) mass is 291 g/mol. The van der Waals surface area contributed by atoms with Gasteiger partial charge in [0.2, 0.25) is 5.16 Å². The van der Waals surface area contributed by atoms with Gasteiger partial charge in [-0.3, -0.25) is 0 Å². The molecule has 0 spiro atoms. The summed E-state index contributed by atoms with van der Waals surface area (Å²) < 4.78 is 1.71. The Labute approximate surface area is 124 Å². The fourth-order valence-electron chi connectivity index (χ4n) is 2.07. The highest BCUT2D eigenvalue weighted by molar-refractivity contribution is 7.99. The molecule has 2 aromatic rings. The zero-order chi connectivity index (χ0) is 14.4. The first-order valence-corrected chi connectivity index (χ1v) is 7.77. The first kappa shape index (κ1) is 15.0. The maximum atomic E-state index is 4.05. The number of nitrogens with zero attached hydrogens (tertiary/aromatic N) is 4. The molecule has 0 aliphatic carbocycles. The molecular weight excluding hydrogens is 270 g/mol. The average Bonchev–Trinajstić information content (AvgIpc) is 2.86. The number of tetrazole rings is 1. The third-order valence-corrected chi connectivity index (χ3v) is 4.32. The third-order valence-electron chi connectivity index (χ3n) is 3.11. The van der Waals surface area contributed by atoms with Crippen LogP contribution >= 0.6 is 11.8 Å². The van der Waals surface area contributed by atoms with Crippen LogP contribution in [0.2, 0.25) is 0 Å². The molecule has 6 heteroatoms. The minimum absolute atomic E-state index is 0.290. The van der Waals surface area contributed by atoms with E-state index in [4.69, 9.17) is 0 Å². The Hall–Kier alpha value is -1.40. The molecule has 2 unspecified atom stereocenters. The van der Waals surface area contributed by atoms with Crippen LogP contribution in [0.15, 0.2) is 35.5 Å². The Bertz CT molecular complexity index is 513. The van der Waals surface area contributed by atoms with Crippen molar-refractivity contribution in [3.63, 3.8) is 0 Å². The highest BCUT2D eigenvalue weighted by Crippen LogP contribution is 2.30. The van der Waals surface area contributed by atoms with Gasteiger partial charge in [-0.25, -0.2) is 4.68 Å². The molecule has 0 saturated heterocycles. The van der Waals surface area contributed by atoms with Gasteiger partial charge in [0.1, 0.15) is 0 Å². The molecule has 0 bridgehead atoms. The van der Waals surface area contributed by atoms with Gasteiger partial charge in [-0.2, -0.15) is 0 Å². The highest BCUT2D eigenvalue weighted by atomic mass is 32.2. The molecule has 5 nitrogen and oxygen atoms in total. The quantitative estimate of drug-likeness (QED) is 0.794. The predicted molar refractivity (Wildman–Crippen MR) is 81.6 cm³/mol. The summed E-state index contributed by atoms with van der Waals surface area (Å²) in [4.78, 5) is 0. The van der Waals surface area contributed by atoms with Crippen molar-refractivity contribution >= 4 is 11.8 Å². The van der Waals surface area contributed by atoms with Crippen LogP contribution in [0.5, 0.6) is 0 Å². The summed E-state index contributed by atoms with van der Waals surface area (Å²) in [6.07, 6.45) is 1.12. The molecule has 1 N–H and O–H groups in total. The number of nitrogens with one attached hydrogen (secondary N) is 1. The first-order chi connectivity index (χ1) is 9.72. The number of benzene rings is 1. The summed E-state index contributed by atoms with van der Waals surface area (Å²) in [6, 6.07) is 10.8. The maximum Gasteiger partial charge on any atom is 0.209 e. The predicted octanol–water partition coefficient (Wildman–Crippen LogP) is 2.43. The third kappa shape index (κ3) is 3.80. The molecular formula is C14H21N5S. The highest BCUT2D eigenvalue weighted by Gasteiger charge is 2.21. The molecule has 0 radical (unpaired) electrons. The zero-order valence-corrected chi connectivity index (χ0v) is 13.0. The van der Waals surface area contributed by atoms with E-state index in [-0.39, 0.29) is 6.04 Å². The summed E-state index contributed by atoms with van der Waals surface area (Å²) in [5.41, 5.74) is 1.30. The van der Waals surface area contributed by atoms with E-state index >= 15 is 0 Å². The first-order valence-electron chi connectivity index (χ1n) is 6.89. The average molecular weight is 291 g/mol. The van der Waals surface area contributed by atoms with Crippen molar-refractivity contribution in [1.29, 1.82) is 0 Å². The van der Waals surface area contributed by atoms with Crippen molar-refractivity contribution in [2.75, 3.05) is 6.54 Å². The lowest BCUT2D eigenvalue weighted by Crippen LogP contribution is -2.29. The minimum atomic E-state index is 0.290. The van der Waals surface area contributed by atoms with E-state index < -0.39 is 0 Å². The lowest BCUT2D eigenvalue weighted by molar-refractivity contribution is 0.526. The molecule has 1 heterocycles. The van der Waals surface area contributed by atoms with Crippen LogP contribution < -0.4 is 5.32 Å². The van der Waals surface area contributed by atoms with E-state index in [1.807, 2.05) is 13.1 Å². The lowest BCUT2D eigenvalue weighted by Gasteiger charge is -2.24. The van der Waals surface area contributed by atoms with E-state index in [0.29, 0.717) is 5.25 Å². The molecule has 1 aromatic carbocycles. The summed E-state index contributed by atoms with van der Waals surface area (Å²) in [7, 11) is 1.87. The Kier molecular flexibility index (Phi) is 5.55. The minimum Gasteiger partial charge on any atom is -0.309 e. The zero-order valence-electron chi connectivity index (χ0n) is 12.2. The summed E-state index contributed by atoms with van der Waals surface area (Å²) in [6.45, 7) is 5.39. The Balaban J connectivity index is 2.12. The number of hydrogen-bond donors (Lipinski definition) is 1. The standard InChI is InChI=1S/C14H21N5S/c1-4-10-15-13(12-8-6-5-7-9-12)11(2)20-14-16-17-18-19(14)3/h5-9,11,13,15H,4,10H2,1-3H3. The molecule has 0 saturated carbocycles. The topological polar surface area (TPSA) is 55.6 Å². The van der Waals surface area contributed by atoms with Crippen LogP contribution in [0.1, 0.15) is 31.9 Å². The molecule has 0 aliphatic rings. The van der Waals surface area contributed by atoms with Gasteiger partial charge in [0.05, 0.1) is 0 Å². The van der Waals surface area contributed by atoms with Crippen LogP contribution in [0, 0.1) is 0 Å². The van der Waals surface area contributed by atoms with Gasteiger partial charge in [0.25, 0.3) is 0 Å². The van der Waals surface area contributed by atoms with E-state index in [0.717, 1.165) is 18.1 Å². The lowest BCUT2D eigenvalue weighted by atomic mass is 10.0. The van der Waals surface area contributed by atoms with Crippen LogP contribution in [-0.2, 0) is 7.05 Å². The second kappa shape index (κ2) is 7.40. The Morgan fingerprint density at radius 2 is 2.05 bits per heavy atom. The Morgan fingerprint density at radius 1 is 1.30 bits per heavy atom. The number of rotatable bonds is 7. The van der Waals surface area contributed by atoms with Crippen molar-refractivity contribution in [1.82, 2.24) is 25.5 Å². The molecule has 2 atom stereocenters. The van der Waals surface area contributed by atoms with E-state index in [9.17, 15) is 0 Å². The largest absolute Gasteiger partial charge is 0.309 e. The van der Waals surface area contributed by atoms with E-state index in [1.165, 1.54) is 5.56 Å². The number of thioether (sulfide) groups is 1. The number of aryl methyl sites for hydroxylation is 1. The molecule has 20 heavy (non-hydrogen) atoms. The number of aromatic nitrogens is 4. The molecule has 1 aromatic heterocycles. The SMILES string of the molecule is CCCNC(c1ccccc1)C(C)Sc1nnnn1C. The fraction of sp³-hybridized carbons (Fsp3) is 0.500. The normalized spacial score (nSPS) is 14.2. The van der Waals surface area contributed by atoms with Gasteiger partial charge in [0, 0.05) is 18.3 Å².